The molecule has 37 heavy (non-hydrogen) atoms. The molecule has 0 bridgehead atoms. The Morgan fingerprint density at radius 1 is 0.919 bits per heavy atom. The van der Waals surface area contributed by atoms with Crippen molar-refractivity contribution in [1.29, 1.82) is 0 Å². The van der Waals surface area contributed by atoms with Gasteiger partial charge in [-0.1, -0.05) is 84.0 Å². The van der Waals surface area contributed by atoms with E-state index in [0.29, 0.717) is 5.69 Å². The molecule has 0 aliphatic carbocycles. The van der Waals surface area contributed by atoms with E-state index in [1.54, 1.807) is 24.3 Å². The summed E-state index contributed by atoms with van der Waals surface area (Å²) in [7, 11) is -2.77. The van der Waals surface area contributed by atoms with Crippen molar-refractivity contribution in [3.05, 3.63) is 114 Å². The lowest BCUT2D eigenvalue weighted by Crippen LogP contribution is -2.37. The van der Waals surface area contributed by atoms with Crippen LogP contribution in [-0.4, -0.2) is 32.3 Å². The number of rotatable bonds is 10. The van der Waals surface area contributed by atoms with Gasteiger partial charge in [0, 0.05) is 21.4 Å². The summed E-state index contributed by atoms with van der Waals surface area (Å²) in [6.07, 6.45) is 0. The summed E-state index contributed by atoms with van der Waals surface area (Å²) >= 11 is 7.63. The van der Waals surface area contributed by atoms with Gasteiger partial charge in [0.05, 0.1) is 19.3 Å². The number of ether oxygens (including phenoxy) is 1. The molecule has 1 amide bonds. The zero-order chi connectivity index (χ0) is 26.3. The molecule has 0 aromatic heterocycles. The Hall–Kier alpha value is -3.30. The van der Waals surface area contributed by atoms with Crippen molar-refractivity contribution in [3.63, 3.8) is 0 Å². The molecule has 0 aliphatic heterocycles. The quantitative estimate of drug-likeness (QED) is 0.249. The number of nitrogens with one attached hydrogen (secondary N) is 1. The number of nitrogens with zero attached hydrogens (tertiary/aromatic N) is 1. The minimum atomic E-state index is -4.15. The summed E-state index contributed by atoms with van der Waals surface area (Å²) in [6, 6.07) is 30.7. The maximum Gasteiger partial charge on any atom is 0.247 e. The lowest BCUT2D eigenvalue weighted by molar-refractivity contribution is -0.116. The molecule has 4 aromatic rings. The van der Waals surface area contributed by atoms with Gasteiger partial charge in [0.25, 0.3) is 0 Å². The van der Waals surface area contributed by atoms with Gasteiger partial charge in [-0.05, 0) is 48.0 Å². The minimum Gasteiger partial charge on any atom is -0.495 e. The Morgan fingerprint density at radius 3 is 2.27 bits per heavy atom. The number of carbonyl (C=O) groups is 1. The molecule has 0 radical (unpaired) electrons. The van der Waals surface area contributed by atoms with Crippen LogP contribution in [0.2, 0.25) is 5.02 Å². The number of hydrogen-bond donors (Lipinski definition) is 1. The molecular formula is C28H25ClN2O4S2. The number of sulfonamides is 1. The molecule has 4 aromatic carbocycles. The van der Waals surface area contributed by atoms with E-state index < -0.39 is 22.5 Å². The first-order valence-corrected chi connectivity index (χ1v) is 14.0. The molecular weight excluding hydrogens is 528 g/mol. The molecule has 0 fully saturated rings. The first kappa shape index (κ1) is 26.8. The summed E-state index contributed by atoms with van der Waals surface area (Å²) in [5.41, 5.74) is 1.33. The lowest BCUT2D eigenvalue weighted by Gasteiger charge is -2.23. The first-order chi connectivity index (χ1) is 17.9. The van der Waals surface area contributed by atoms with Crippen molar-refractivity contribution in [3.8, 4) is 5.75 Å². The summed E-state index contributed by atoms with van der Waals surface area (Å²) in [5, 5.41) is 3.13. The van der Waals surface area contributed by atoms with Crippen LogP contribution in [0.25, 0.3) is 0 Å². The van der Waals surface area contributed by atoms with Crippen molar-refractivity contribution < 1.29 is 17.9 Å². The van der Waals surface area contributed by atoms with Gasteiger partial charge in [-0.2, -0.15) is 4.31 Å². The fourth-order valence-electron chi connectivity index (χ4n) is 3.63. The van der Waals surface area contributed by atoms with Crippen molar-refractivity contribution in [2.24, 2.45) is 0 Å². The molecule has 0 saturated heterocycles. The SMILES string of the molecule is COc1ccc(Cl)cc1S(=O)(=O)N(CC(=O)Nc1ccccc1Sc1ccccc1)Cc1ccccc1. The Kier molecular flexibility index (Phi) is 8.89. The van der Waals surface area contributed by atoms with Crippen molar-refractivity contribution in [2.45, 2.75) is 21.2 Å². The molecule has 6 nitrogen and oxygen atoms in total. The highest BCUT2D eigenvalue weighted by atomic mass is 35.5. The topological polar surface area (TPSA) is 75.7 Å². The molecule has 0 unspecified atom stereocenters. The van der Waals surface area contributed by atoms with Crippen molar-refractivity contribution in [2.75, 3.05) is 19.0 Å². The molecule has 0 aliphatic rings. The third-order valence-electron chi connectivity index (χ3n) is 5.40. The molecule has 4 rings (SSSR count). The fourth-order valence-corrected chi connectivity index (χ4v) is 6.35. The number of hydrogen-bond acceptors (Lipinski definition) is 5. The Labute approximate surface area is 226 Å². The molecule has 0 heterocycles. The first-order valence-electron chi connectivity index (χ1n) is 11.4. The predicted octanol–water partition coefficient (Wildman–Crippen LogP) is 6.33. The Morgan fingerprint density at radius 2 is 1.57 bits per heavy atom. The van der Waals surface area contributed by atoms with Gasteiger partial charge >= 0.3 is 0 Å². The van der Waals surface area contributed by atoms with E-state index in [1.807, 2.05) is 66.7 Å². The predicted molar refractivity (Wildman–Crippen MR) is 148 cm³/mol. The van der Waals surface area contributed by atoms with E-state index in [4.69, 9.17) is 16.3 Å². The van der Waals surface area contributed by atoms with E-state index in [2.05, 4.69) is 5.32 Å². The van der Waals surface area contributed by atoms with Gasteiger partial charge in [-0.3, -0.25) is 4.79 Å². The van der Waals surface area contributed by atoms with Crippen LogP contribution in [0.4, 0.5) is 5.69 Å². The number of benzene rings is 4. The minimum absolute atomic E-state index is 0.00727. The van der Waals surface area contributed by atoms with E-state index >= 15 is 0 Å². The monoisotopic (exact) mass is 552 g/mol. The number of amides is 1. The van der Waals surface area contributed by atoms with E-state index in [9.17, 15) is 13.2 Å². The second-order valence-electron chi connectivity index (χ2n) is 8.01. The Bertz CT molecular complexity index is 1470. The maximum absolute atomic E-state index is 13.8. The fraction of sp³-hybridized carbons (Fsp3) is 0.107. The molecule has 0 spiro atoms. The number of anilines is 1. The zero-order valence-corrected chi connectivity index (χ0v) is 22.4. The molecule has 1 N–H and O–H groups in total. The smallest absolute Gasteiger partial charge is 0.247 e. The van der Waals surface area contributed by atoms with Crippen LogP contribution >= 0.6 is 23.4 Å². The van der Waals surface area contributed by atoms with Crippen LogP contribution in [-0.2, 0) is 21.4 Å². The summed E-state index contributed by atoms with van der Waals surface area (Å²) in [5.74, 6) is -0.325. The highest BCUT2D eigenvalue weighted by molar-refractivity contribution is 7.99. The van der Waals surface area contributed by atoms with Crippen molar-refractivity contribution >= 4 is 45.0 Å². The number of carbonyl (C=O) groups excluding carboxylic acids is 1. The van der Waals surface area contributed by atoms with Crippen LogP contribution in [0.15, 0.2) is 118 Å². The number of para-hydroxylation sites is 1. The van der Waals surface area contributed by atoms with Gasteiger partial charge in [0.15, 0.2) is 0 Å². The summed E-state index contributed by atoms with van der Waals surface area (Å²) in [4.78, 5) is 15.0. The van der Waals surface area contributed by atoms with E-state index in [-0.39, 0.29) is 22.2 Å². The van der Waals surface area contributed by atoms with Crippen LogP contribution in [0.5, 0.6) is 5.75 Å². The van der Waals surface area contributed by atoms with Gasteiger partial charge < -0.3 is 10.1 Å². The largest absolute Gasteiger partial charge is 0.495 e. The Balaban J connectivity index is 1.62. The molecule has 0 atom stereocenters. The third kappa shape index (κ3) is 6.93. The van der Waals surface area contributed by atoms with Gasteiger partial charge in [-0.15, -0.1) is 0 Å². The van der Waals surface area contributed by atoms with E-state index in [0.717, 1.165) is 19.7 Å². The highest BCUT2D eigenvalue weighted by Crippen LogP contribution is 2.34. The number of halogens is 1. The lowest BCUT2D eigenvalue weighted by atomic mass is 10.2. The van der Waals surface area contributed by atoms with Crippen molar-refractivity contribution in [1.82, 2.24) is 4.31 Å². The summed E-state index contributed by atoms with van der Waals surface area (Å²) < 4.78 is 34.0. The van der Waals surface area contributed by atoms with E-state index in [1.165, 1.54) is 31.0 Å². The standard InChI is InChI=1S/C28H25ClN2O4S2/c1-35-25-17-16-22(29)18-27(25)37(33,34)31(19-21-10-4-2-5-11-21)20-28(32)30-24-14-8-9-15-26(24)36-23-12-6-3-7-13-23/h2-18H,19-20H2,1H3,(H,30,32). The molecule has 190 valence electrons. The normalized spacial score (nSPS) is 11.3. The molecule has 9 heteroatoms. The summed E-state index contributed by atoms with van der Waals surface area (Å²) in [6.45, 7) is -0.413. The van der Waals surface area contributed by atoms with Crippen LogP contribution in [0.1, 0.15) is 5.56 Å². The van der Waals surface area contributed by atoms with Gasteiger partial charge in [0.1, 0.15) is 10.6 Å². The second-order valence-corrected chi connectivity index (χ2v) is 11.5. The molecule has 0 saturated carbocycles. The zero-order valence-electron chi connectivity index (χ0n) is 20.0. The van der Waals surface area contributed by atoms with Gasteiger partial charge in [0.2, 0.25) is 15.9 Å². The average molecular weight is 553 g/mol. The van der Waals surface area contributed by atoms with Crippen LogP contribution < -0.4 is 10.1 Å². The number of methoxy groups -OCH3 is 1. The highest BCUT2D eigenvalue weighted by Gasteiger charge is 2.30. The maximum atomic E-state index is 13.8. The van der Waals surface area contributed by atoms with Crippen LogP contribution in [0, 0.1) is 0 Å². The second kappa shape index (κ2) is 12.3. The van der Waals surface area contributed by atoms with Gasteiger partial charge in [-0.25, -0.2) is 8.42 Å². The van der Waals surface area contributed by atoms with Crippen LogP contribution in [0.3, 0.4) is 0 Å². The third-order valence-corrected chi connectivity index (χ3v) is 8.53. The average Bonchev–Trinajstić information content (AvgIpc) is 2.90.